The summed E-state index contributed by atoms with van der Waals surface area (Å²) in [6.45, 7) is 7.84. The minimum Gasteiger partial charge on any atom is -0.353 e. The average Bonchev–Trinajstić information content (AvgIpc) is 2.45. The van der Waals surface area contributed by atoms with Crippen LogP contribution in [-0.4, -0.2) is 47.3 Å². The number of nitriles is 1. The van der Waals surface area contributed by atoms with Gasteiger partial charge in [-0.3, -0.25) is 4.90 Å². The third-order valence-corrected chi connectivity index (χ3v) is 3.57. The van der Waals surface area contributed by atoms with Crippen molar-refractivity contribution >= 4 is 5.82 Å². The van der Waals surface area contributed by atoms with Crippen LogP contribution in [-0.2, 0) is 0 Å². The van der Waals surface area contributed by atoms with Gasteiger partial charge in [-0.15, -0.1) is 5.10 Å². The molecule has 1 aromatic heterocycles. The number of hydrogen-bond acceptors (Lipinski definition) is 5. The average molecular weight is 259 g/mol. The first-order valence-electron chi connectivity index (χ1n) is 6.92. The monoisotopic (exact) mass is 259 g/mol. The molecule has 0 amide bonds. The minimum absolute atomic E-state index is 0.0655. The molecule has 2 heterocycles. The largest absolute Gasteiger partial charge is 0.353 e. The summed E-state index contributed by atoms with van der Waals surface area (Å²) in [7, 11) is 0. The molecular formula is C14H21N5. The maximum atomic E-state index is 9.20. The lowest BCUT2D eigenvalue weighted by Gasteiger charge is -2.37. The van der Waals surface area contributed by atoms with E-state index in [1.54, 1.807) is 6.20 Å². The Bertz CT molecular complexity index is 445. The molecule has 1 aliphatic heterocycles. The van der Waals surface area contributed by atoms with E-state index in [2.05, 4.69) is 39.1 Å². The van der Waals surface area contributed by atoms with Crippen molar-refractivity contribution in [3.63, 3.8) is 0 Å². The van der Waals surface area contributed by atoms with E-state index in [1.165, 1.54) is 0 Å². The first-order chi connectivity index (χ1) is 9.24. The molecule has 0 saturated carbocycles. The third-order valence-electron chi connectivity index (χ3n) is 3.57. The zero-order chi connectivity index (χ0) is 13.7. The number of anilines is 1. The van der Waals surface area contributed by atoms with Crippen LogP contribution in [0.25, 0.3) is 0 Å². The number of hydrogen-bond donors (Lipinski definition) is 0. The summed E-state index contributed by atoms with van der Waals surface area (Å²) in [5.74, 6) is 0.948. The van der Waals surface area contributed by atoms with E-state index in [-0.39, 0.29) is 6.04 Å². The predicted molar refractivity (Wildman–Crippen MR) is 74.9 cm³/mol. The maximum absolute atomic E-state index is 9.20. The quantitative estimate of drug-likeness (QED) is 0.822. The SMILES string of the molecule is CCCC(C#N)N1CCN(c2cc(C)cnn2)CC1. The molecule has 1 fully saturated rings. The van der Waals surface area contributed by atoms with Crippen LogP contribution in [0.15, 0.2) is 12.3 Å². The first-order valence-corrected chi connectivity index (χ1v) is 6.92. The Hall–Kier alpha value is -1.67. The number of aryl methyl sites for hydroxylation is 1. The van der Waals surface area contributed by atoms with Gasteiger partial charge in [-0.1, -0.05) is 13.3 Å². The Morgan fingerprint density at radius 2 is 2.11 bits per heavy atom. The minimum atomic E-state index is 0.0655. The molecule has 0 aliphatic carbocycles. The Balaban J connectivity index is 1.94. The summed E-state index contributed by atoms with van der Waals surface area (Å²) in [5.41, 5.74) is 1.13. The molecule has 102 valence electrons. The van der Waals surface area contributed by atoms with Crippen molar-refractivity contribution in [1.82, 2.24) is 15.1 Å². The lowest BCUT2D eigenvalue weighted by Crippen LogP contribution is -2.50. The topological polar surface area (TPSA) is 56.1 Å². The van der Waals surface area contributed by atoms with E-state index in [9.17, 15) is 5.26 Å². The van der Waals surface area contributed by atoms with Crippen molar-refractivity contribution in [1.29, 1.82) is 5.26 Å². The van der Waals surface area contributed by atoms with Crippen LogP contribution in [0.3, 0.4) is 0 Å². The van der Waals surface area contributed by atoms with Crippen molar-refractivity contribution in [3.05, 3.63) is 17.8 Å². The molecule has 0 bridgehead atoms. The lowest BCUT2D eigenvalue weighted by molar-refractivity contribution is 0.211. The fourth-order valence-electron chi connectivity index (χ4n) is 2.47. The van der Waals surface area contributed by atoms with Crippen molar-refractivity contribution in [3.8, 4) is 6.07 Å². The second-order valence-electron chi connectivity index (χ2n) is 5.05. The Morgan fingerprint density at radius 1 is 1.37 bits per heavy atom. The molecule has 1 aromatic rings. The van der Waals surface area contributed by atoms with Crippen LogP contribution in [0.1, 0.15) is 25.3 Å². The summed E-state index contributed by atoms with van der Waals surface area (Å²) in [5, 5.41) is 17.4. The highest BCUT2D eigenvalue weighted by molar-refractivity contribution is 5.39. The smallest absolute Gasteiger partial charge is 0.151 e. The molecule has 0 N–H and O–H groups in total. The second kappa shape index (κ2) is 6.48. The Labute approximate surface area is 114 Å². The van der Waals surface area contributed by atoms with E-state index < -0.39 is 0 Å². The van der Waals surface area contributed by atoms with Crippen molar-refractivity contribution in [2.75, 3.05) is 31.1 Å². The molecule has 1 atom stereocenters. The zero-order valence-electron chi connectivity index (χ0n) is 11.7. The molecule has 5 nitrogen and oxygen atoms in total. The molecule has 0 radical (unpaired) electrons. The predicted octanol–water partition coefficient (Wildman–Crippen LogP) is 1.60. The van der Waals surface area contributed by atoms with Crippen LogP contribution in [0.2, 0.25) is 0 Å². The normalized spacial score (nSPS) is 18.1. The van der Waals surface area contributed by atoms with Crippen molar-refractivity contribution < 1.29 is 0 Å². The van der Waals surface area contributed by atoms with Gasteiger partial charge in [0.05, 0.1) is 18.3 Å². The fraction of sp³-hybridized carbons (Fsp3) is 0.643. The van der Waals surface area contributed by atoms with Gasteiger partial charge in [-0.05, 0) is 25.0 Å². The van der Waals surface area contributed by atoms with Crippen LogP contribution in [0, 0.1) is 18.3 Å². The molecule has 0 spiro atoms. The van der Waals surface area contributed by atoms with Gasteiger partial charge in [-0.25, -0.2) is 0 Å². The molecule has 2 rings (SSSR count). The molecule has 19 heavy (non-hydrogen) atoms. The van der Waals surface area contributed by atoms with Gasteiger partial charge in [0.15, 0.2) is 5.82 Å². The van der Waals surface area contributed by atoms with Gasteiger partial charge >= 0.3 is 0 Å². The second-order valence-corrected chi connectivity index (χ2v) is 5.05. The van der Waals surface area contributed by atoms with Gasteiger partial charge in [0.2, 0.25) is 0 Å². The Morgan fingerprint density at radius 3 is 2.68 bits per heavy atom. The molecule has 0 aromatic carbocycles. The number of nitrogens with zero attached hydrogens (tertiary/aromatic N) is 5. The van der Waals surface area contributed by atoms with Gasteiger partial charge in [-0.2, -0.15) is 10.4 Å². The first kappa shape index (κ1) is 13.8. The standard InChI is InChI=1S/C14H21N5/c1-3-4-13(10-15)18-5-7-19(8-6-18)14-9-12(2)11-16-17-14/h9,11,13H,3-8H2,1-2H3. The zero-order valence-corrected chi connectivity index (χ0v) is 11.7. The summed E-state index contributed by atoms with van der Waals surface area (Å²) >= 11 is 0. The molecule has 1 unspecified atom stereocenters. The van der Waals surface area contributed by atoms with Crippen molar-refractivity contribution in [2.24, 2.45) is 0 Å². The highest BCUT2D eigenvalue weighted by Crippen LogP contribution is 2.16. The number of rotatable bonds is 4. The van der Waals surface area contributed by atoms with E-state index in [0.717, 1.165) is 50.4 Å². The van der Waals surface area contributed by atoms with Crippen LogP contribution >= 0.6 is 0 Å². The number of piperazine rings is 1. The van der Waals surface area contributed by atoms with Gasteiger partial charge in [0.1, 0.15) is 0 Å². The van der Waals surface area contributed by atoms with E-state index >= 15 is 0 Å². The summed E-state index contributed by atoms with van der Waals surface area (Å²) in [6, 6.07) is 4.55. The summed E-state index contributed by atoms with van der Waals surface area (Å²) < 4.78 is 0. The van der Waals surface area contributed by atoms with Crippen molar-refractivity contribution in [2.45, 2.75) is 32.7 Å². The lowest BCUT2D eigenvalue weighted by atomic mass is 10.1. The van der Waals surface area contributed by atoms with E-state index in [1.807, 2.05) is 6.92 Å². The van der Waals surface area contributed by atoms with Gasteiger partial charge < -0.3 is 4.90 Å². The highest BCUT2D eigenvalue weighted by Gasteiger charge is 2.23. The summed E-state index contributed by atoms with van der Waals surface area (Å²) in [4.78, 5) is 4.53. The van der Waals surface area contributed by atoms with Crippen LogP contribution in [0.4, 0.5) is 5.82 Å². The summed E-state index contributed by atoms with van der Waals surface area (Å²) in [6.07, 6.45) is 3.79. The van der Waals surface area contributed by atoms with Crippen LogP contribution < -0.4 is 4.90 Å². The van der Waals surface area contributed by atoms with E-state index in [4.69, 9.17) is 0 Å². The van der Waals surface area contributed by atoms with Crippen LogP contribution in [0.5, 0.6) is 0 Å². The van der Waals surface area contributed by atoms with E-state index in [0.29, 0.717) is 0 Å². The molecular weight excluding hydrogens is 238 g/mol. The fourth-order valence-corrected chi connectivity index (χ4v) is 2.47. The molecule has 5 heteroatoms. The Kier molecular flexibility index (Phi) is 4.69. The van der Waals surface area contributed by atoms with Gasteiger partial charge in [0.25, 0.3) is 0 Å². The molecule has 1 saturated heterocycles. The molecule has 1 aliphatic rings. The number of aromatic nitrogens is 2. The third kappa shape index (κ3) is 3.42. The van der Waals surface area contributed by atoms with Gasteiger partial charge in [0, 0.05) is 26.2 Å². The highest BCUT2D eigenvalue weighted by atomic mass is 15.3. The maximum Gasteiger partial charge on any atom is 0.151 e.